The van der Waals surface area contributed by atoms with E-state index in [2.05, 4.69) is 6.92 Å². The lowest BCUT2D eigenvalue weighted by atomic mass is 9.77. The van der Waals surface area contributed by atoms with Crippen LogP contribution in [0.25, 0.3) is 0 Å². The number of hydrogen-bond acceptors (Lipinski definition) is 1. The third-order valence-corrected chi connectivity index (χ3v) is 2.88. The first kappa shape index (κ1) is 12.0. The highest BCUT2D eigenvalue weighted by atomic mass is 16.3. The minimum atomic E-state index is -0.698. The molecule has 0 saturated heterocycles. The maximum atomic E-state index is 12.3. The van der Waals surface area contributed by atoms with Crippen LogP contribution in [0.3, 0.4) is 0 Å². The lowest BCUT2D eigenvalue weighted by molar-refractivity contribution is -0.505. The Morgan fingerprint density at radius 1 is 1.08 bits per heavy atom. The van der Waals surface area contributed by atoms with Crippen LogP contribution in [0.15, 0.2) is 0 Å². The second-order valence-corrected chi connectivity index (χ2v) is 4.37. The fraction of sp³-hybridized carbons (Fsp3) is 1.00. The topological polar surface area (TPSA) is 23.1 Å². The van der Waals surface area contributed by atoms with Gasteiger partial charge in [-0.2, -0.15) is 0 Å². The monoisotopic (exact) mass is 171 g/mol. The fourth-order valence-corrected chi connectivity index (χ4v) is 1.70. The molecule has 0 bridgehead atoms. The second kappa shape index (κ2) is 4.86. The van der Waals surface area contributed by atoms with Crippen LogP contribution in [0.2, 0.25) is 0 Å². The van der Waals surface area contributed by atoms with Gasteiger partial charge in [-0.05, 0) is 0 Å². The number of unbranched alkanes of at least 4 members (excludes halogenated alkanes) is 1. The maximum absolute atomic E-state index is 12.3. The van der Waals surface area contributed by atoms with Gasteiger partial charge in [-0.25, -0.2) is 0 Å². The van der Waals surface area contributed by atoms with E-state index in [-0.39, 0.29) is 11.8 Å². The summed E-state index contributed by atoms with van der Waals surface area (Å²) < 4.78 is 0. The molecule has 0 aliphatic rings. The smallest absolute Gasteiger partial charge is 0.0543 e. The molecule has 0 aromatic heterocycles. The molecule has 0 heterocycles. The summed E-state index contributed by atoms with van der Waals surface area (Å²) in [5, 5.41) is 12.3. The predicted octanol–water partition coefficient (Wildman–Crippen LogP) is 2.59. The van der Waals surface area contributed by atoms with Crippen LogP contribution >= 0.6 is 0 Å². The molecular formula is C11H23O-. The average molecular weight is 171 g/mol. The van der Waals surface area contributed by atoms with Crippen molar-refractivity contribution in [2.45, 2.75) is 59.5 Å². The molecule has 0 fully saturated rings. The van der Waals surface area contributed by atoms with Gasteiger partial charge in [0, 0.05) is 0 Å². The van der Waals surface area contributed by atoms with E-state index < -0.39 is 5.60 Å². The molecule has 0 aromatic rings. The highest BCUT2D eigenvalue weighted by molar-refractivity contribution is 4.83. The summed E-state index contributed by atoms with van der Waals surface area (Å²) in [6.07, 6.45) is 3.03. The van der Waals surface area contributed by atoms with Gasteiger partial charge in [-0.15, -0.1) is 5.60 Å². The Kier molecular flexibility index (Phi) is 4.84. The lowest BCUT2D eigenvalue weighted by Gasteiger charge is -2.49. The van der Waals surface area contributed by atoms with Crippen molar-refractivity contribution in [3.05, 3.63) is 0 Å². The molecule has 0 saturated carbocycles. The summed E-state index contributed by atoms with van der Waals surface area (Å²) in [5.74, 6) is 0.507. The van der Waals surface area contributed by atoms with Gasteiger partial charge in [0.25, 0.3) is 0 Å². The van der Waals surface area contributed by atoms with Crippen LogP contribution < -0.4 is 5.11 Å². The molecule has 0 atom stereocenters. The van der Waals surface area contributed by atoms with E-state index in [1.807, 2.05) is 27.7 Å². The van der Waals surface area contributed by atoms with Crippen molar-refractivity contribution in [3.63, 3.8) is 0 Å². The summed E-state index contributed by atoms with van der Waals surface area (Å²) >= 11 is 0. The van der Waals surface area contributed by atoms with Crippen molar-refractivity contribution in [1.82, 2.24) is 0 Å². The Morgan fingerprint density at radius 2 is 1.50 bits per heavy atom. The molecule has 1 nitrogen and oxygen atoms in total. The van der Waals surface area contributed by atoms with Crippen LogP contribution in [0.1, 0.15) is 53.9 Å². The first-order chi connectivity index (χ1) is 5.45. The van der Waals surface area contributed by atoms with Gasteiger partial charge in [0.1, 0.15) is 0 Å². The zero-order valence-corrected chi connectivity index (χ0v) is 9.18. The molecular weight excluding hydrogens is 148 g/mol. The molecule has 0 aromatic carbocycles. The Bertz CT molecular complexity index is 108. The van der Waals surface area contributed by atoms with E-state index in [0.29, 0.717) is 0 Å². The number of hydrogen-bond donors (Lipinski definition) is 0. The molecule has 0 rings (SSSR count). The molecule has 0 amide bonds. The minimum Gasteiger partial charge on any atom is -0.849 e. The molecule has 0 spiro atoms. The molecule has 0 aliphatic heterocycles. The zero-order chi connectivity index (χ0) is 9.78. The van der Waals surface area contributed by atoms with E-state index in [9.17, 15) is 5.11 Å². The summed E-state index contributed by atoms with van der Waals surface area (Å²) in [6, 6.07) is 0. The third kappa shape index (κ3) is 2.78. The quantitative estimate of drug-likeness (QED) is 0.623. The first-order valence-corrected chi connectivity index (χ1v) is 5.15. The Labute approximate surface area is 77.2 Å². The van der Waals surface area contributed by atoms with Gasteiger partial charge in [0.2, 0.25) is 0 Å². The SMILES string of the molecule is CCCCC([O-])(C(C)C)C(C)C. The summed E-state index contributed by atoms with van der Waals surface area (Å²) in [5.41, 5.74) is -0.698. The molecule has 0 aliphatic carbocycles. The van der Waals surface area contributed by atoms with E-state index in [0.717, 1.165) is 19.3 Å². The van der Waals surface area contributed by atoms with Crippen LogP contribution in [-0.2, 0) is 0 Å². The van der Waals surface area contributed by atoms with Crippen molar-refractivity contribution < 1.29 is 5.11 Å². The molecule has 0 unspecified atom stereocenters. The van der Waals surface area contributed by atoms with Crippen LogP contribution in [0.4, 0.5) is 0 Å². The summed E-state index contributed by atoms with van der Waals surface area (Å²) in [4.78, 5) is 0. The summed E-state index contributed by atoms with van der Waals surface area (Å²) in [7, 11) is 0. The second-order valence-electron chi connectivity index (χ2n) is 4.37. The Morgan fingerprint density at radius 3 is 1.75 bits per heavy atom. The van der Waals surface area contributed by atoms with Crippen LogP contribution in [-0.4, -0.2) is 5.60 Å². The van der Waals surface area contributed by atoms with E-state index in [1.54, 1.807) is 0 Å². The Hall–Kier alpha value is -0.0400. The van der Waals surface area contributed by atoms with E-state index in [1.165, 1.54) is 0 Å². The van der Waals surface area contributed by atoms with Crippen molar-refractivity contribution in [3.8, 4) is 0 Å². The van der Waals surface area contributed by atoms with Gasteiger partial charge < -0.3 is 5.11 Å². The van der Waals surface area contributed by atoms with Crippen molar-refractivity contribution in [1.29, 1.82) is 0 Å². The van der Waals surface area contributed by atoms with E-state index in [4.69, 9.17) is 0 Å². The van der Waals surface area contributed by atoms with Gasteiger partial charge in [0.05, 0.1) is 0 Å². The molecule has 1 heteroatoms. The highest BCUT2D eigenvalue weighted by Gasteiger charge is 2.23. The maximum Gasteiger partial charge on any atom is -0.0543 e. The van der Waals surface area contributed by atoms with Gasteiger partial charge >= 0.3 is 0 Å². The van der Waals surface area contributed by atoms with Gasteiger partial charge in [0.15, 0.2) is 0 Å². The van der Waals surface area contributed by atoms with Crippen molar-refractivity contribution in [2.75, 3.05) is 0 Å². The van der Waals surface area contributed by atoms with Crippen LogP contribution in [0, 0.1) is 11.8 Å². The third-order valence-electron chi connectivity index (χ3n) is 2.88. The standard InChI is InChI=1S/C11H23O/c1-6-7-8-11(12,9(2)3)10(4)5/h9-10H,6-8H2,1-5H3/q-1. The highest BCUT2D eigenvalue weighted by Crippen LogP contribution is 2.28. The average Bonchev–Trinajstić information content (AvgIpc) is 1.99. The minimum absolute atomic E-state index is 0.254. The van der Waals surface area contributed by atoms with Crippen molar-refractivity contribution in [2.24, 2.45) is 11.8 Å². The fourth-order valence-electron chi connectivity index (χ4n) is 1.70. The van der Waals surface area contributed by atoms with E-state index >= 15 is 0 Å². The first-order valence-electron chi connectivity index (χ1n) is 5.15. The predicted molar refractivity (Wildman–Crippen MR) is 51.9 cm³/mol. The molecule has 0 N–H and O–H groups in total. The van der Waals surface area contributed by atoms with Gasteiger partial charge in [-0.1, -0.05) is 65.7 Å². The largest absolute Gasteiger partial charge is 0.849 e. The molecule has 0 radical (unpaired) electrons. The Balaban J connectivity index is 4.19. The van der Waals surface area contributed by atoms with Crippen LogP contribution in [0.5, 0.6) is 0 Å². The number of rotatable bonds is 5. The molecule has 74 valence electrons. The zero-order valence-electron chi connectivity index (χ0n) is 9.18. The summed E-state index contributed by atoms with van der Waals surface area (Å²) in [6.45, 7) is 10.3. The lowest BCUT2D eigenvalue weighted by Crippen LogP contribution is -2.53. The normalized spacial score (nSPS) is 13.0. The van der Waals surface area contributed by atoms with Gasteiger partial charge in [-0.3, -0.25) is 0 Å². The molecule has 12 heavy (non-hydrogen) atoms. The van der Waals surface area contributed by atoms with Crippen molar-refractivity contribution >= 4 is 0 Å².